The van der Waals surface area contributed by atoms with Crippen LogP contribution in [0.1, 0.15) is 27.4 Å². The van der Waals surface area contributed by atoms with E-state index in [-0.39, 0.29) is 5.78 Å². The zero-order valence-corrected chi connectivity index (χ0v) is 12.2. The Morgan fingerprint density at radius 1 is 1.39 bits per heavy atom. The topological polar surface area (TPSA) is 47.8 Å². The number of aryl methyl sites for hydroxylation is 3. The van der Waals surface area contributed by atoms with E-state index >= 15 is 0 Å². The molecule has 4 nitrogen and oxygen atoms in total. The molecule has 0 spiro atoms. The highest BCUT2D eigenvalue weighted by molar-refractivity contribution is 9.10. The molecule has 0 radical (unpaired) electrons. The minimum atomic E-state index is 0.0595. The third-order valence-electron chi connectivity index (χ3n) is 2.90. The lowest BCUT2D eigenvalue weighted by Crippen LogP contribution is -2.10. The quantitative estimate of drug-likeness (QED) is 0.819. The number of carbonyl (C=O) groups is 1. The second kappa shape index (κ2) is 5.02. The third kappa shape index (κ3) is 2.36. The van der Waals surface area contributed by atoms with Crippen molar-refractivity contribution in [2.24, 2.45) is 7.05 Å². The fourth-order valence-corrected chi connectivity index (χ4v) is 2.37. The first-order valence-corrected chi connectivity index (χ1v) is 6.42. The number of halogens is 1. The molecule has 2 aromatic rings. The SMILES string of the molecule is Cc1ncccc1C(=O)Cc1c(Br)c(C)nn1C. The predicted octanol–water partition coefficient (Wildman–Crippen LogP) is 2.62. The molecular formula is C13H14BrN3O. The number of nitrogens with zero attached hydrogens (tertiary/aromatic N) is 3. The standard InChI is InChI=1S/C13H14BrN3O/c1-8-10(5-4-6-15-8)12(18)7-11-13(14)9(2)16-17(11)3/h4-6H,7H2,1-3H3. The average Bonchev–Trinajstić information content (AvgIpc) is 2.56. The van der Waals surface area contributed by atoms with Crippen LogP contribution in [-0.2, 0) is 13.5 Å². The Morgan fingerprint density at radius 3 is 2.67 bits per heavy atom. The fourth-order valence-electron chi connectivity index (χ4n) is 1.90. The minimum absolute atomic E-state index is 0.0595. The van der Waals surface area contributed by atoms with Crippen LogP contribution in [0, 0.1) is 13.8 Å². The second-order valence-electron chi connectivity index (χ2n) is 4.21. The van der Waals surface area contributed by atoms with Crippen LogP contribution in [0.3, 0.4) is 0 Å². The first kappa shape index (κ1) is 13.0. The molecule has 2 heterocycles. The van der Waals surface area contributed by atoms with Gasteiger partial charge in [0.15, 0.2) is 5.78 Å². The molecule has 0 N–H and O–H groups in total. The van der Waals surface area contributed by atoms with Gasteiger partial charge in [-0.1, -0.05) is 0 Å². The summed E-state index contributed by atoms with van der Waals surface area (Å²) in [4.78, 5) is 16.4. The molecule has 0 aromatic carbocycles. The number of hydrogen-bond donors (Lipinski definition) is 0. The lowest BCUT2D eigenvalue weighted by Gasteiger charge is -2.05. The van der Waals surface area contributed by atoms with E-state index in [1.807, 2.05) is 27.0 Å². The van der Waals surface area contributed by atoms with E-state index in [0.29, 0.717) is 12.0 Å². The molecule has 0 aliphatic rings. The number of pyridine rings is 1. The van der Waals surface area contributed by atoms with Crippen molar-refractivity contribution in [3.8, 4) is 0 Å². The molecule has 0 atom stereocenters. The van der Waals surface area contributed by atoms with Crippen molar-refractivity contribution in [2.75, 3.05) is 0 Å². The van der Waals surface area contributed by atoms with Gasteiger partial charge in [0, 0.05) is 24.5 Å². The first-order chi connectivity index (χ1) is 8.50. The maximum Gasteiger partial charge on any atom is 0.170 e. The lowest BCUT2D eigenvalue weighted by molar-refractivity contribution is 0.0989. The van der Waals surface area contributed by atoms with Gasteiger partial charge >= 0.3 is 0 Å². The van der Waals surface area contributed by atoms with Crippen molar-refractivity contribution in [2.45, 2.75) is 20.3 Å². The molecule has 0 unspecified atom stereocenters. The number of hydrogen-bond acceptors (Lipinski definition) is 3. The summed E-state index contributed by atoms with van der Waals surface area (Å²) in [6.07, 6.45) is 2.01. The predicted molar refractivity (Wildman–Crippen MR) is 72.7 cm³/mol. The molecule has 0 saturated carbocycles. The highest BCUT2D eigenvalue weighted by Crippen LogP contribution is 2.22. The van der Waals surface area contributed by atoms with E-state index < -0.39 is 0 Å². The molecule has 0 aliphatic carbocycles. The van der Waals surface area contributed by atoms with Crippen LogP contribution in [0.2, 0.25) is 0 Å². The van der Waals surface area contributed by atoms with Gasteiger partial charge in [0.05, 0.1) is 22.3 Å². The van der Waals surface area contributed by atoms with Crippen molar-refractivity contribution in [3.05, 3.63) is 45.4 Å². The maximum absolute atomic E-state index is 12.2. The van der Waals surface area contributed by atoms with Gasteiger partial charge in [-0.3, -0.25) is 14.5 Å². The second-order valence-corrected chi connectivity index (χ2v) is 5.00. The zero-order chi connectivity index (χ0) is 13.3. The number of carbonyl (C=O) groups excluding carboxylic acids is 1. The molecule has 0 bridgehead atoms. The van der Waals surface area contributed by atoms with Gasteiger partial charge in [0.1, 0.15) is 0 Å². The van der Waals surface area contributed by atoms with Gasteiger partial charge in [0.2, 0.25) is 0 Å². The largest absolute Gasteiger partial charge is 0.294 e. The smallest absolute Gasteiger partial charge is 0.170 e. The van der Waals surface area contributed by atoms with E-state index in [2.05, 4.69) is 26.0 Å². The third-order valence-corrected chi connectivity index (χ3v) is 3.93. The molecule has 94 valence electrons. The van der Waals surface area contributed by atoms with Crippen molar-refractivity contribution in [3.63, 3.8) is 0 Å². The van der Waals surface area contributed by atoms with Gasteiger partial charge in [0.25, 0.3) is 0 Å². The Labute approximate surface area is 114 Å². The normalized spacial score (nSPS) is 10.7. The number of rotatable bonds is 3. The van der Waals surface area contributed by atoms with Crippen LogP contribution in [0.4, 0.5) is 0 Å². The monoisotopic (exact) mass is 307 g/mol. The van der Waals surface area contributed by atoms with Crippen molar-refractivity contribution in [1.82, 2.24) is 14.8 Å². The van der Waals surface area contributed by atoms with Gasteiger partial charge in [-0.05, 0) is 41.9 Å². The summed E-state index contributed by atoms with van der Waals surface area (Å²) < 4.78 is 2.64. The summed E-state index contributed by atoms with van der Waals surface area (Å²) in [6, 6.07) is 3.59. The summed E-state index contributed by atoms with van der Waals surface area (Å²) in [7, 11) is 1.84. The van der Waals surface area contributed by atoms with Gasteiger partial charge < -0.3 is 0 Å². The summed E-state index contributed by atoms with van der Waals surface area (Å²) in [5.41, 5.74) is 3.21. The van der Waals surface area contributed by atoms with E-state index in [1.165, 1.54) is 0 Å². The van der Waals surface area contributed by atoms with Gasteiger partial charge in [-0.25, -0.2) is 0 Å². The molecule has 2 rings (SSSR count). The van der Waals surface area contributed by atoms with Gasteiger partial charge in [-0.15, -0.1) is 0 Å². The first-order valence-electron chi connectivity index (χ1n) is 5.63. The highest BCUT2D eigenvalue weighted by Gasteiger charge is 2.16. The van der Waals surface area contributed by atoms with E-state index in [4.69, 9.17) is 0 Å². The van der Waals surface area contributed by atoms with Crippen molar-refractivity contribution < 1.29 is 4.79 Å². The van der Waals surface area contributed by atoms with Crippen LogP contribution in [0.15, 0.2) is 22.8 Å². The summed E-state index contributed by atoms with van der Waals surface area (Å²) in [5, 5.41) is 4.28. The van der Waals surface area contributed by atoms with E-state index in [1.54, 1.807) is 16.9 Å². The maximum atomic E-state index is 12.2. The van der Waals surface area contributed by atoms with Crippen LogP contribution >= 0.6 is 15.9 Å². The number of aromatic nitrogens is 3. The van der Waals surface area contributed by atoms with Crippen LogP contribution in [0.5, 0.6) is 0 Å². The Morgan fingerprint density at radius 2 is 2.11 bits per heavy atom. The number of Topliss-reactive ketones (excluding diaryl/α,β-unsaturated/α-hetero) is 1. The Balaban J connectivity index is 2.30. The molecule has 0 fully saturated rings. The molecule has 0 amide bonds. The molecule has 0 aliphatic heterocycles. The molecule has 18 heavy (non-hydrogen) atoms. The summed E-state index contributed by atoms with van der Waals surface area (Å²) in [5.74, 6) is 0.0595. The average molecular weight is 308 g/mol. The van der Waals surface area contributed by atoms with Crippen molar-refractivity contribution in [1.29, 1.82) is 0 Å². The zero-order valence-electron chi connectivity index (χ0n) is 10.6. The van der Waals surface area contributed by atoms with Crippen LogP contribution in [0.25, 0.3) is 0 Å². The Bertz CT molecular complexity index is 604. The van der Waals surface area contributed by atoms with Crippen molar-refractivity contribution >= 4 is 21.7 Å². The molecular weight excluding hydrogens is 294 g/mol. The Kier molecular flexibility index (Phi) is 3.61. The van der Waals surface area contributed by atoms with Crippen LogP contribution < -0.4 is 0 Å². The lowest BCUT2D eigenvalue weighted by atomic mass is 10.1. The van der Waals surface area contributed by atoms with E-state index in [0.717, 1.165) is 21.6 Å². The molecule has 5 heteroatoms. The Hall–Kier alpha value is -1.49. The van der Waals surface area contributed by atoms with Gasteiger partial charge in [-0.2, -0.15) is 5.10 Å². The highest BCUT2D eigenvalue weighted by atomic mass is 79.9. The number of ketones is 1. The minimum Gasteiger partial charge on any atom is -0.294 e. The van der Waals surface area contributed by atoms with Crippen LogP contribution in [-0.4, -0.2) is 20.5 Å². The van der Waals surface area contributed by atoms with E-state index in [9.17, 15) is 4.79 Å². The molecule has 2 aromatic heterocycles. The summed E-state index contributed by atoms with van der Waals surface area (Å²) >= 11 is 3.47. The summed E-state index contributed by atoms with van der Waals surface area (Å²) in [6.45, 7) is 3.75. The molecule has 0 saturated heterocycles. The fraction of sp³-hybridized carbons (Fsp3) is 0.308.